The van der Waals surface area contributed by atoms with E-state index < -0.39 is 0 Å². The van der Waals surface area contributed by atoms with Gasteiger partial charge in [0.2, 0.25) is 5.88 Å². The van der Waals surface area contributed by atoms with Crippen molar-refractivity contribution >= 4 is 0 Å². The standard InChI is InChI=1S/C9H12N2O2/c1-6(2)11-5-7-3-4-13-8(7)10-9(11)12/h5-6H,3-4H2,1-2H3. The molecule has 4 heteroatoms. The minimum atomic E-state index is -0.226. The fourth-order valence-electron chi connectivity index (χ4n) is 1.42. The lowest BCUT2D eigenvalue weighted by molar-refractivity contribution is 0.342. The van der Waals surface area contributed by atoms with Gasteiger partial charge >= 0.3 is 5.69 Å². The fraction of sp³-hybridized carbons (Fsp3) is 0.556. The summed E-state index contributed by atoms with van der Waals surface area (Å²) in [6, 6.07) is 0.158. The maximum absolute atomic E-state index is 11.4. The molecular formula is C9H12N2O2. The van der Waals surface area contributed by atoms with Crippen LogP contribution in [0.2, 0.25) is 0 Å². The van der Waals surface area contributed by atoms with Crippen molar-refractivity contribution in [2.24, 2.45) is 0 Å². The molecule has 2 heterocycles. The van der Waals surface area contributed by atoms with Crippen LogP contribution >= 0.6 is 0 Å². The Balaban J connectivity index is 2.56. The molecule has 70 valence electrons. The van der Waals surface area contributed by atoms with Gasteiger partial charge in [0.05, 0.1) is 6.61 Å². The summed E-state index contributed by atoms with van der Waals surface area (Å²) in [5.41, 5.74) is 0.809. The summed E-state index contributed by atoms with van der Waals surface area (Å²) < 4.78 is 6.82. The lowest BCUT2D eigenvalue weighted by Crippen LogP contribution is -2.24. The van der Waals surface area contributed by atoms with Crippen LogP contribution in [0.4, 0.5) is 0 Å². The minimum absolute atomic E-state index is 0.158. The molecule has 0 amide bonds. The molecule has 0 spiro atoms. The molecule has 13 heavy (non-hydrogen) atoms. The second kappa shape index (κ2) is 2.87. The van der Waals surface area contributed by atoms with Crippen LogP contribution in [-0.4, -0.2) is 16.2 Å². The first-order chi connectivity index (χ1) is 6.18. The largest absolute Gasteiger partial charge is 0.477 e. The first-order valence-electron chi connectivity index (χ1n) is 4.43. The smallest absolute Gasteiger partial charge is 0.351 e. The summed E-state index contributed by atoms with van der Waals surface area (Å²) in [6.45, 7) is 4.57. The van der Waals surface area contributed by atoms with E-state index in [0.29, 0.717) is 12.5 Å². The van der Waals surface area contributed by atoms with Gasteiger partial charge in [0.25, 0.3) is 0 Å². The Labute approximate surface area is 76.2 Å². The van der Waals surface area contributed by atoms with Gasteiger partial charge in [-0.25, -0.2) is 4.79 Å². The Kier molecular flexibility index (Phi) is 1.83. The van der Waals surface area contributed by atoms with Crippen molar-refractivity contribution in [3.8, 4) is 5.88 Å². The van der Waals surface area contributed by atoms with E-state index in [4.69, 9.17) is 4.74 Å². The highest BCUT2D eigenvalue weighted by Gasteiger charge is 2.16. The lowest BCUT2D eigenvalue weighted by Gasteiger charge is -2.09. The topological polar surface area (TPSA) is 44.1 Å². The molecule has 2 rings (SSSR count). The second-order valence-corrected chi connectivity index (χ2v) is 3.45. The molecule has 0 aliphatic carbocycles. The summed E-state index contributed by atoms with van der Waals surface area (Å²) in [5, 5.41) is 0. The van der Waals surface area contributed by atoms with Gasteiger partial charge in [-0.2, -0.15) is 4.98 Å². The first kappa shape index (κ1) is 8.29. The Bertz CT molecular complexity index is 382. The van der Waals surface area contributed by atoms with Gasteiger partial charge in [0.15, 0.2) is 0 Å². The number of ether oxygens (including phenoxy) is 1. The van der Waals surface area contributed by atoms with Crippen molar-refractivity contribution in [2.75, 3.05) is 6.61 Å². The lowest BCUT2D eigenvalue weighted by atomic mass is 10.2. The van der Waals surface area contributed by atoms with Crippen LogP contribution in [0.5, 0.6) is 5.88 Å². The quantitative estimate of drug-likeness (QED) is 0.640. The molecule has 0 radical (unpaired) electrons. The number of hydrogen-bond acceptors (Lipinski definition) is 3. The molecule has 1 aliphatic heterocycles. The van der Waals surface area contributed by atoms with Gasteiger partial charge in [-0.3, -0.25) is 4.57 Å². The van der Waals surface area contributed by atoms with Crippen molar-refractivity contribution in [1.29, 1.82) is 0 Å². The first-order valence-corrected chi connectivity index (χ1v) is 4.43. The van der Waals surface area contributed by atoms with Gasteiger partial charge < -0.3 is 4.74 Å². The highest BCUT2D eigenvalue weighted by molar-refractivity contribution is 5.26. The zero-order valence-electron chi connectivity index (χ0n) is 7.78. The SMILES string of the molecule is CC(C)n1cc2c(nc1=O)OCC2. The van der Waals surface area contributed by atoms with Gasteiger partial charge in [0.1, 0.15) is 0 Å². The molecule has 0 unspecified atom stereocenters. The molecule has 4 nitrogen and oxygen atoms in total. The average Bonchev–Trinajstić information content (AvgIpc) is 2.48. The Hall–Kier alpha value is -1.32. The third kappa shape index (κ3) is 1.32. The van der Waals surface area contributed by atoms with E-state index in [9.17, 15) is 4.79 Å². The van der Waals surface area contributed by atoms with Gasteiger partial charge in [-0.1, -0.05) is 0 Å². The van der Waals surface area contributed by atoms with Crippen molar-refractivity contribution < 1.29 is 4.74 Å². The Morgan fingerprint density at radius 1 is 1.62 bits per heavy atom. The van der Waals surface area contributed by atoms with E-state index in [1.165, 1.54) is 0 Å². The van der Waals surface area contributed by atoms with Crippen LogP contribution in [0.1, 0.15) is 25.5 Å². The predicted molar refractivity (Wildman–Crippen MR) is 48.1 cm³/mol. The van der Waals surface area contributed by atoms with Crippen LogP contribution in [-0.2, 0) is 6.42 Å². The monoisotopic (exact) mass is 180 g/mol. The molecular weight excluding hydrogens is 168 g/mol. The third-order valence-electron chi connectivity index (χ3n) is 2.15. The van der Waals surface area contributed by atoms with Gasteiger partial charge in [-0.05, 0) is 13.8 Å². The molecule has 1 aliphatic rings. The van der Waals surface area contributed by atoms with E-state index in [2.05, 4.69) is 4.98 Å². The van der Waals surface area contributed by atoms with Crippen molar-refractivity contribution in [2.45, 2.75) is 26.3 Å². The number of hydrogen-bond donors (Lipinski definition) is 0. The van der Waals surface area contributed by atoms with Crippen LogP contribution in [0.15, 0.2) is 11.0 Å². The van der Waals surface area contributed by atoms with Crippen LogP contribution in [0.3, 0.4) is 0 Å². The second-order valence-electron chi connectivity index (χ2n) is 3.45. The molecule has 0 aromatic carbocycles. The van der Waals surface area contributed by atoms with E-state index in [1.54, 1.807) is 4.57 Å². The average molecular weight is 180 g/mol. The van der Waals surface area contributed by atoms with E-state index in [-0.39, 0.29) is 11.7 Å². The molecule has 1 aromatic heterocycles. The zero-order valence-corrected chi connectivity index (χ0v) is 7.78. The third-order valence-corrected chi connectivity index (χ3v) is 2.15. The Morgan fingerprint density at radius 2 is 2.38 bits per heavy atom. The summed E-state index contributed by atoms with van der Waals surface area (Å²) in [5.74, 6) is 0.516. The van der Waals surface area contributed by atoms with Crippen LogP contribution in [0, 0.1) is 0 Å². The number of aromatic nitrogens is 2. The van der Waals surface area contributed by atoms with E-state index in [1.807, 2.05) is 20.0 Å². The van der Waals surface area contributed by atoms with Crippen LogP contribution in [0.25, 0.3) is 0 Å². The maximum atomic E-state index is 11.4. The van der Waals surface area contributed by atoms with Gasteiger partial charge in [-0.15, -0.1) is 0 Å². The van der Waals surface area contributed by atoms with Crippen LogP contribution < -0.4 is 10.4 Å². The van der Waals surface area contributed by atoms with E-state index >= 15 is 0 Å². The number of rotatable bonds is 1. The molecule has 1 aromatic rings. The molecule has 0 saturated carbocycles. The van der Waals surface area contributed by atoms with Crippen molar-refractivity contribution in [3.05, 3.63) is 22.2 Å². The Morgan fingerprint density at radius 3 is 3.08 bits per heavy atom. The molecule has 0 bridgehead atoms. The summed E-state index contributed by atoms with van der Waals surface area (Å²) in [4.78, 5) is 15.3. The minimum Gasteiger partial charge on any atom is -0.477 e. The normalized spacial score (nSPS) is 14.4. The maximum Gasteiger partial charge on any atom is 0.351 e. The van der Waals surface area contributed by atoms with Crippen molar-refractivity contribution in [3.63, 3.8) is 0 Å². The summed E-state index contributed by atoms with van der Waals surface area (Å²) in [6.07, 6.45) is 2.71. The fourth-order valence-corrected chi connectivity index (χ4v) is 1.42. The molecule has 0 N–H and O–H groups in total. The molecule has 0 atom stereocenters. The highest BCUT2D eigenvalue weighted by atomic mass is 16.5. The molecule has 0 fully saturated rings. The predicted octanol–water partition coefficient (Wildman–Crippen LogP) is 0.759. The highest BCUT2D eigenvalue weighted by Crippen LogP contribution is 2.20. The van der Waals surface area contributed by atoms with Gasteiger partial charge in [0, 0.05) is 24.2 Å². The number of fused-ring (bicyclic) bond motifs is 1. The van der Waals surface area contributed by atoms with Crippen molar-refractivity contribution in [1.82, 2.24) is 9.55 Å². The molecule has 0 saturated heterocycles. The summed E-state index contributed by atoms with van der Waals surface area (Å²) >= 11 is 0. The summed E-state index contributed by atoms with van der Waals surface area (Å²) in [7, 11) is 0. The van der Waals surface area contributed by atoms with E-state index in [0.717, 1.165) is 12.0 Å². The number of nitrogens with zero attached hydrogens (tertiary/aromatic N) is 2. The zero-order chi connectivity index (χ0) is 9.42.